The molecule has 0 aliphatic carbocycles. The Bertz CT molecular complexity index is 634. The fraction of sp³-hybridized carbons (Fsp3) is 0.438. The van der Waals surface area contributed by atoms with Crippen molar-refractivity contribution in [2.75, 3.05) is 19.6 Å². The molecule has 23 heavy (non-hydrogen) atoms. The van der Waals surface area contributed by atoms with Gasteiger partial charge in [0, 0.05) is 6.54 Å². The summed E-state index contributed by atoms with van der Waals surface area (Å²) >= 11 is 0. The molecule has 1 atom stereocenters. The number of aromatic nitrogens is 3. The fourth-order valence-corrected chi connectivity index (χ4v) is 2.62. The van der Waals surface area contributed by atoms with Gasteiger partial charge in [0.1, 0.15) is 0 Å². The van der Waals surface area contributed by atoms with Crippen LogP contribution in [-0.4, -0.2) is 40.5 Å². The quantitative estimate of drug-likeness (QED) is 0.892. The lowest BCUT2D eigenvalue weighted by Crippen LogP contribution is -2.38. The predicted molar refractivity (Wildman–Crippen MR) is 91.3 cm³/mol. The van der Waals surface area contributed by atoms with Crippen LogP contribution in [0.15, 0.2) is 30.5 Å². The van der Waals surface area contributed by atoms with Gasteiger partial charge in [-0.3, -0.25) is 4.79 Å². The van der Waals surface area contributed by atoms with Crippen molar-refractivity contribution < 1.29 is 4.79 Å². The van der Waals surface area contributed by atoms with Crippen molar-refractivity contribution in [1.29, 1.82) is 0 Å². The second kappa shape index (κ2) is 8.08. The molecule has 0 spiro atoms. The number of rotatable bonds is 4. The summed E-state index contributed by atoms with van der Waals surface area (Å²) in [7, 11) is 0. The lowest BCUT2D eigenvalue weighted by molar-refractivity contribution is 0.0939. The Morgan fingerprint density at radius 1 is 1.39 bits per heavy atom. The number of benzene rings is 1. The molecule has 0 saturated carbocycles. The van der Waals surface area contributed by atoms with Gasteiger partial charge in [-0.25, -0.2) is 4.68 Å². The maximum Gasteiger partial charge on any atom is 0.273 e. The highest BCUT2D eigenvalue weighted by Gasteiger charge is 2.16. The van der Waals surface area contributed by atoms with E-state index in [0.29, 0.717) is 18.2 Å². The van der Waals surface area contributed by atoms with E-state index in [9.17, 15) is 4.79 Å². The second-order valence-electron chi connectivity index (χ2n) is 5.81. The Balaban J connectivity index is 0.00000192. The number of amides is 1. The van der Waals surface area contributed by atoms with Gasteiger partial charge < -0.3 is 10.6 Å². The van der Waals surface area contributed by atoms with Crippen molar-refractivity contribution in [1.82, 2.24) is 25.6 Å². The van der Waals surface area contributed by atoms with Crippen LogP contribution in [0.3, 0.4) is 0 Å². The van der Waals surface area contributed by atoms with Gasteiger partial charge in [-0.15, -0.1) is 17.5 Å². The summed E-state index contributed by atoms with van der Waals surface area (Å²) in [5.74, 6) is 0.341. The molecular formula is C16H22ClN5O. The Labute approximate surface area is 142 Å². The zero-order valence-corrected chi connectivity index (χ0v) is 14.0. The molecule has 2 heterocycles. The Morgan fingerprint density at radius 3 is 2.87 bits per heavy atom. The number of hydrogen-bond acceptors (Lipinski definition) is 4. The van der Waals surface area contributed by atoms with Gasteiger partial charge in [-0.1, -0.05) is 22.9 Å². The van der Waals surface area contributed by atoms with E-state index in [0.717, 1.165) is 25.2 Å². The van der Waals surface area contributed by atoms with E-state index >= 15 is 0 Å². The predicted octanol–water partition coefficient (Wildman–Crippen LogP) is 1.73. The Kier molecular flexibility index (Phi) is 6.12. The monoisotopic (exact) mass is 335 g/mol. The van der Waals surface area contributed by atoms with Gasteiger partial charge in [0.05, 0.1) is 11.9 Å². The molecule has 1 aromatic heterocycles. The Hall–Kier alpha value is -1.92. The molecule has 124 valence electrons. The molecule has 1 aromatic carbocycles. The molecule has 7 heteroatoms. The average Bonchev–Trinajstić information content (AvgIpc) is 3.04. The van der Waals surface area contributed by atoms with Crippen molar-refractivity contribution in [3.8, 4) is 5.69 Å². The number of hydrogen-bond donors (Lipinski definition) is 2. The van der Waals surface area contributed by atoms with Crippen molar-refractivity contribution >= 4 is 18.3 Å². The number of halogens is 1. The summed E-state index contributed by atoms with van der Waals surface area (Å²) in [5, 5.41) is 14.3. The SMILES string of the molecule is Cc1ccc(-n2cc(C(=O)NCC3CCCNC3)nn2)cc1.Cl. The molecule has 1 amide bonds. The summed E-state index contributed by atoms with van der Waals surface area (Å²) in [6.07, 6.45) is 3.99. The minimum atomic E-state index is -0.163. The van der Waals surface area contributed by atoms with Crippen LogP contribution in [0.4, 0.5) is 0 Å². The van der Waals surface area contributed by atoms with E-state index in [2.05, 4.69) is 20.9 Å². The highest BCUT2D eigenvalue weighted by molar-refractivity contribution is 5.91. The van der Waals surface area contributed by atoms with E-state index in [1.54, 1.807) is 10.9 Å². The van der Waals surface area contributed by atoms with Gasteiger partial charge in [0.2, 0.25) is 0 Å². The third kappa shape index (κ3) is 4.53. The first-order valence-electron chi connectivity index (χ1n) is 7.70. The minimum absolute atomic E-state index is 0. The lowest BCUT2D eigenvalue weighted by atomic mass is 10.00. The zero-order valence-electron chi connectivity index (χ0n) is 13.2. The van der Waals surface area contributed by atoms with Gasteiger partial charge >= 0.3 is 0 Å². The number of nitrogens with zero attached hydrogens (tertiary/aromatic N) is 3. The first kappa shape index (κ1) is 17.4. The zero-order chi connectivity index (χ0) is 15.4. The van der Waals surface area contributed by atoms with Gasteiger partial charge in [-0.05, 0) is 50.9 Å². The Morgan fingerprint density at radius 2 is 2.17 bits per heavy atom. The summed E-state index contributed by atoms with van der Waals surface area (Å²) in [6.45, 7) is 4.76. The van der Waals surface area contributed by atoms with E-state index in [1.807, 2.05) is 31.2 Å². The van der Waals surface area contributed by atoms with E-state index in [1.165, 1.54) is 12.0 Å². The second-order valence-corrected chi connectivity index (χ2v) is 5.81. The van der Waals surface area contributed by atoms with Crippen LogP contribution in [0.25, 0.3) is 5.69 Å². The number of aryl methyl sites for hydroxylation is 1. The molecule has 1 fully saturated rings. The maximum atomic E-state index is 12.1. The summed E-state index contributed by atoms with van der Waals surface area (Å²) in [4.78, 5) is 12.1. The first-order chi connectivity index (χ1) is 10.7. The molecule has 1 aliphatic heterocycles. The normalized spacial score (nSPS) is 17.3. The molecule has 0 radical (unpaired) electrons. The van der Waals surface area contributed by atoms with Crippen molar-refractivity contribution in [2.45, 2.75) is 19.8 Å². The molecule has 2 aromatic rings. The van der Waals surface area contributed by atoms with Gasteiger partial charge in [0.25, 0.3) is 5.91 Å². The highest BCUT2D eigenvalue weighted by Crippen LogP contribution is 2.10. The van der Waals surface area contributed by atoms with Crippen LogP contribution < -0.4 is 10.6 Å². The summed E-state index contributed by atoms with van der Waals surface area (Å²) < 4.78 is 1.62. The third-order valence-electron chi connectivity index (χ3n) is 3.97. The molecular weight excluding hydrogens is 314 g/mol. The van der Waals surface area contributed by atoms with Gasteiger partial charge in [-0.2, -0.15) is 0 Å². The summed E-state index contributed by atoms with van der Waals surface area (Å²) in [5.41, 5.74) is 2.43. The third-order valence-corrected chi connectivity index (χ3v) is 3.97. The average molecular weight is 336 g/mol. The summed E-state index contributed by atoms with van der Waals surface area (Å²) in [6, 6.07) is 7.93. The number of carbonyl (C=O) groups is 1. The first-order valence-corrected chi connectivity index (χ1v) is 7.70. The van der Waals surface area contributed by atoms with Crippen molar-refractivity contribution in [3.63, 3.8) is 0 Å². The topological polar surface area (TPSA) is 71.8 Å². The van der Waals surface area contributed by atoms with Crippen LogP contribution in [0.2, 0.25) is 0 Å². The number of piperidine rings is 1. The maximum absolute atomic E-state index is 12.1. The molecule has 0 bridgehead atoms. The molecule has 6 nitrogen and oxygen atoms in total. The molecule has 1 unspecified atom stereocenters. The van der Waals surface area contributed by atoms with Crippen molar-refractivity contribution in [2.24, 2.45) is 5.92 Å². The number of carbonyl (C=O) groups excluding carboxylic acids is 1. The van der Waals surface area contributed by atoms with Crippen molar-refractivity contribution in [3.05, 3.63) is 41.7 Å². The fourth-order valence-electron chi connectivity index (χ4n) is 2.62. The van der Waals surface area contributed by atoms with E-state index in [4.69, 9.17) is 0 Å². The molecule has 2 N–H and O–H groups in total. The van der Waals surface area contributed by atoms with E-state index in [-0.39, 0.29) is 18.3 Å². The van der Waals surface area contributed by atoms with Crippen LogP contribution >= 0.6 is 12.4 Å². The van der Waals surface area contributed by atoms with Crippen LogP contribution in [0.5, 0.6) is 0 Å². The smallest absolute Gasteiger partial charge is 0.273 e. The van der Waals surface area contributed by atoms with Crippen LogP contribution in [0, 0.1) is 12.8 Å². The molecule has 3 rings (SSSR count). The lowest BCUT2D eigenvalue weighted by Gasteiger charge is -2.22. The molecule has 1 aliphatic rings. The van der Waals surface area contributed by atoms with Crippen LogP contribution in [-0.2, 0) is 0 Å². The largest absolute Gasteiger partial charge is 0.350 e. The highest BCUT2D eigenvalue weighted by atomic mass is 35.5. The van der Waals surface area contributed by atoms with Crippen LogP contribution in [0.1, 0.15) is 28.9 Å². The number of nitrogens with one attached hydrogen (secondary N) is 2. The minimum Gasteiger partial charge on any atom is -0.350 e. The van der Waals surface area contributed by atoms with Gasteiger partial charge in [0.15, 0.2) is 5.69 Å². The molecule has 1 saturated heterocycles. The standard InChI is InChI=1S/C16H21N5O.ClH/c1-12-4-6-14(7-5-12)21-11-15(19-20-21)16(22)18-10-13-3-2-8-17-9-13;/h4-7,11,13,17H,2-3,8-10H2,1H3,(H,18,22);1H. The van der Waals surface area contributed by atoms with E-state index < -0.39 is 0 Å².